The van der Waals surface area contributed by atoms with Gasteiger partial charge in [-0.15, -0.1) is 0 Å². The van der Waals surface area contributed by atoms with Gasteiger partial charge in [0.15, 0.2) is 0 Å². The molecule has 31 heavy (non-hydrogen) atoms. The summed E-state index contributed by atoms with van der Waals surface area (Å²) in [5.74, 6) is -1.45. The van der Waals surface area contributed by atoms with Gasteiger partial charge in [0, 0.05) is 42.8 Å². The van der Waals surface area contributed by atoms with Crippen molar-refractivity contribution in [3.63, 3.8) is 0 Å². The number of likely N-dealkylation sites (N-methyl/N-ethyl adjacent to an activating group) is 1. The molecule has 164 valence electrons. The van der Waals surface area contributed by atoms with E-state index in [1.807, 2.05) is 31.2 Å². The van der Waals surface area contributed by atoms with Gasteiger partial charge in [0.1, 0.15) is 6.10 Å². The first-order valence-electron chi connectivity index (χ1n) is 10.4. The van der Waals surface area contributed by atoms with E-state index in [4.69, 9.17) is 5.73 Å². The van der Waals surface area contributed by atoms with Crippen LogP contribution in [0.1, 0.15) is 46.8 Å². The van der Waals surface area contributed by atoms with Crippen molar-refractivity contribution in [2.24, 2.45) is 0 Å². The number of para-hydroxylation sites is 1. The van der Waals surface area contributed by atoms with E-state index in [-0.39, 0.29) is 18.5 Å². The van der Waals surface area contributed by atoms with Crippen molar-refractivity contribution in [1.29, 1.82) is 0 Å². The number of carbonyl (C=O) groups is 2. The third-order valence-electron chi connectivity index (χ3n) is 5.62. The zero-order chi connectivity index (χ0) is 22.5. The average Bonchev–Trinajstić information content (AvgIpc) is 3.16. The molecule has 0 saturated heterocycles. The molecular weight excluding hydrogens is 394 g/mol. The van der Waals surface area contributed by atoms with E-state index in [1.165, 1.54) is 11.0 Å². The molecule has 5 N–H and O–H groups in total. The highest BCUT2D eigenvalue weighted by molar-refractivity contribution is 5.91. The van der Waals surface area contributed by atoms with Gasteiger partial charge in [0.25, 0.3) is 5.91 Å². The lowest BCUT2D eigenvalue weighted by atomic mass is 9.94. The molecule has 1 aromatic heterocycles. The summed E-state index contributed by atoms with van der Waals surface area (Å²) in [4.78, 5) is 29.1. The Bertz CT molecular complexity index is 1090. The van der Waals surface area contributed by atoms with Crippen LogP contribution in [0.5, 0.6) is 0 Å². The Kier molecular flexibility index (Phi) is 6.97. The number of nitrogens with one attached hydrogen (secondary N) is 1. The van der Waals surface area contributed by atoms with Crippen LogP contribution in [0, 0.1) is 0 Å². The number of H-pyrrole nitrogens is 1. The second-order valence-electron chi connectivity index (χ2n) is 7.84. The molecule has 1 amide bonds. The van der Waals surface area contributed by atoms with Gasteiger partial charge in [0.05, 0.1) is 5.56 Å². The van der Waals surface area contributed by atoms with Gasteiger partial charge in [0.2, 0.25) is 0 Å². The quantitative estimate of drug-likeness (QED) is 0.394. The summed E-state index contributed by atoms with van der Waals surface area (Å²) in [6, 6.07) is 10.8. The Morgan fingerprint density at radius 1 is 1.16 bits per heavy atom. The van der Waals surface area contributed by atoms with E-state index in [0.29, 0.717) is 23.2 Å². The molecule has 0 radical (unpaired) electrons. The van der Waals surface area contributed by atoms with E-state index in [2.05, 4.69) is 4.98 Å². The number of anilines is 1. The van der Waals surface area contributed by atoms with Gasteiger partial charge in [-0.1, -0.05) is 31.5 Å². The van der Waals surface area contributed by atoms with Gasteiger partial charge in [-0.25, -0.2) is 4.79 Å². The Labute approximate surface area is 181 Å². The molecule has 0 aliphatic rings. The van der Waals surface area contributed by atoms with Crippen molar-refractivity contribution in [2.45, 2.75) is 45.3 Å². The number of aromatic carboxylic acids is 1. The third-order valence-corrected chi connectivity index (χ3v) is 5.62. The maximum atomic E-state index is 12.9. The summed E-state index contributed by atoms with van der Waals surface area (Å²) >= 11 is 0. The number of nitrogens with two attached hydrogens (primary N) is 1. The number of aliphatic hydroxyl groups is 1. The summed E-state index contributed by atoms with van der Waals surface area (Å²) in [7, 11) is 1.59. The predicted octanol–water partition coefficient (Wildman–Crippen LogP) is 3.35. The predicted molar refractivity (Wildman–Crippen MR) is 121 cm³/mol. The Morgan fingerprint density at radius 3 is 2.61 bits per heavy atom. The molecule has 0 saturated carbocycles. The minimum atomic E-state index is -1.22. The molecule has 0 bridgehead atoms. The number of nitrogens with zero attached hydrogens (tertiary/aromatic N) is 1. The highest BCUT2D eigenvalue weighted by atomic mass is 16.4. The molecular formula is C24H29N3O4. The molecule has 0 aliphatic heterocycles. The number of hydrogen-bond acceptors (Lipinski definition) is 4. The van der Waals surface area contributed by atoms with Crippen molar-refractivity contribution in [3.8, 4) is 0 Å². The van der Waals surface area contributed by atoms with Crippen molar-refractivity contribution in [3.05, 3.63) is 64.8 Å². The number of unbranched alkanes of at least 4 members (excludes halogenated alkanes) is 1. The molecule has 7 heteroatoms. The van der Waals surface area contributed by atoms with E-state index in [0.717, 1.165) is 29.3 Å². The number of carboxylic acid groups (broad SMARTS) is 1. The number of nitrogen functional groups attached to an aromatic ring is 1. The fourth-order valence-electron chi connectivity index (χ4n) is 3.90. The number of amides is 1. The average molecular weight is 424 g/mol. The SMILES string of the molecule is CCCCc1c(C(=O)O)ccc(N)c1CN(C)C(=O)[C@H](O)Cc1c[nH]c2ccccc12. The van der Waals surface area contributed by atoms with Crippen LogP contribution in [-0.4, -0.2) is 45.1 Å². The summed E-state index contributed by atoms with van der Waals surface area (Å²) in [6.07, 6.45) is 3.06. The van der Waals surface area contributed by atoms with E-state index < -0.39 is 18.0 Å². The first-order chi connectivity index (χ1) is 14.8. The lowest BCUT2D eigenvalue weighted by molar-refractivity contribution is -0.139. The molecule has 0 spiro atoms. The van der Waals surface area contributed by atoms with Crippen LogP contribution < -0.4 is 5.73 Å². The zero-order valence-corrected chi connectivity index (χ0v) is 17.9. The number of fused-ring (bicyclic) bond motifs is 1. The summed E-state index contributed by atoms with van der Waals surface area (Å²) in [5.41, 5.74) is 9.91. The molecule has 7 nitrogen and oxygen atoms in total. The molecule has 0 aliphatic carbocycles. The second-order valence-corrected chi connectivity index (χ2v) is 7.84. The minimum absolute atomic E-state index is 0.135. The number of carbonyl (C=O) groups excluding carboxylic acids is 1. The molecule has 2 aromatic carbocycles. The van der Waals surface area contributed by atoms with E-state index in [9.17, 15) is 19.8 Å². The van der Waals surface area contributed by atoms with E-state index in [1.54, 1.807) is 19.3 Å². The van der Waals surface area contributed by atoms with Gasteiger partial charge in [-0.05, 0) is 47.7 Å². The van der Waals surface area contributed by atoms with Crippen LogP contribution in [0.15, 0.2) is 42.6 Å². The smallest absolute Gasteiger partial charge is 0.335 e. The summed E-state index contributed by atoms with van der Waals surface area (Å²) < 4.78 is 0. The first kappa shape index (κ1) is 22.4. The number of aromatic amines is 1. The number of aliphatic hydroxyl groups excluding tert-OH is 1. The molecule has 1 atom stereocenters. The van der Waals surface area contributed by atoms with E-state index >= 15 is 0 Å². The fraction of sp³-hybridized carbons (Fsp3) is 0.333. The topological polar surface area (TPSA) is 120 Å². The van der Waals surface area contributed by atoms with Crippen LogP contribution in [0.3, 0.4) is 0 Å². The lowest BCUT2D eigenvalue weighted by Gasteiger charge is -2.24. The number of benzene rings is 2. The van der Waals surface area contributed by atoms with Gasteiger partial charge in [-0.2, -0.15) is 0 Å². The lowest BCUT2D eigenvalue weighted by Crippen LogP contribution is -2.37. The molecule has 3 rings (SSSR count). The van der Waals surface area contributed by atoms with Crippen molar-refractivity contribution >= 4 is 28.5 Å². The molecule has 1 heterocycles. The molecule has 3 aromatic rings. The second kappa shape index (κ2) is 9.66. The number of hydrogen-bond donors (Lipinski definition) is 4. The standard InChI is InChI=1S/C24H29N3O4/c1-3-4-7-17-18(24(30)31)10-11-20(25)19(17)14-27(2)23(29)22(28)12-15-13-26-21-9-6-5-8-16(15)21/h5-6,8-11,13,22,26,28H,3-4,7,12,14,25H2,1-2H3,(H,30,31)/t22-/m1/s1. The summed E-state index contributed by atoms with van der Waals surface area (Å²) in [5, 5.41) is 21.1. The maximum Gasteiger partial charge on any atom is 0.335 e. The Balaban J connectivity index is 1.80. The maximum absolute atomic E-state index is 12.9. The fourth-order valence-corrected chi connectivity index (χ4v) is 3.90. The third kappa shape index (κ3) is 4.88. The van der Waals surface area contributed by atoms with Crippen LogP contribution in [0.25, 0.3) is 10.9 Å². The van der Waals surface area contributed by atoms with Crippen molar-refractivity contribution < 1.29 is 19.8 Å². The van der Waals surface area contributed by atoms with Crippen LogP contribution in [-0.2, 0) is 24.2 Å². The van der Waals surface area contributed by atoms with Crippen LogP contribution in [0.2, 0.25) is 0 Å². The highest BCUT2D eigenvalue weighted by Gasteiger charge is 2.24. The van der Waals surface area contributed by atoms with Crippen molar-refractivity contribution in [2.75, 3.05) is 12.8 Å². The zero-order valence-electron chi connectivity index (χ0n) is 17.9. The largest absolute Gasteiger partial charge is 0.478 e. The van der Waals surface area contributed by atoms with Gasteiger partial charge in [-0.3, -0.25) is 4.79 Å². The monoisotopic (exact) mass is 423 g/mol. The Morgan fingerprint density at radius 2 is 1.90 bits per heavy atom. The van der Waals surface area contributed by atoms with Gasteiger partial charge < -0.3 is 25.8 Å². The first-order valence-corrected chi connectivity index (χ1v) is 10.4. The molecule has 0 unspecified atom stereocenters. The molecule has 0 fully saturated rings. The van der Waals surface area contributed by atoms with Crippen LogP contribution >= 0.6 is 0 Å². The van der Waals surface area contributed by atoms with Gasteiger partial charge >= 0.3 is 5.97 Å². The number of aromatic nitrogens is 1. The number of rotatable bonds is 9. The normalized spacial score (nSPS) is 12.1. The summed E-state index contributed by atoms with van der Waals surface area (Å²) in [6.45, 7) is 2.17. The Hall–Kier alpha value is -3.32. The highest BCUT2D eigenvalue weighted by Crippen LogP contribution is 2.26. The van der Waals surface area contributed by atoms with Crippen LogP contribution in [0.4, 0.5) is 5.69 Å². The minimum Gasteiger partial charge on any atom is -0.478 e. The van der Waals surface area contributed by atoms with Crippen molar-refractivity contribution in [1.82, 2.24) is 9.88 Å². The number of carboxylic acids is 1.